The molecule has 1 aromatic heterocycles. The summed E-state index contributed by atoms with van der Waals surface area (Å²) in [6.45, 7) is 10.5. The molecule has 0 aromatic carbocycles. The van der Waals surface area contributed by atoms with Gasteiger partial charge in [0.15, 0.2) is 0 Å². The number of nitrogens with zero attached hydrogens (tertiary/aromatic N) is 1. The van der Waals surface area contributed by atoms with Crippen LogP contribution in [0.2, 0.25) is 0 Å². The first-order valence-corrected chi connectivity index (χ1v) is 8.17. The molecule has 0 aliphatic heterocycles. The summed E-state index contributed by atoms with van der Waals surface area (Å²) in [7, 11) is 1.75. The van der Waals surface area contributed by atoms with E-state index < -0.39 is 0 Å². The van der Waals surface area contributed by atoms with E-state index in [9.17, 15) is 0 Å². The lowest BCUT2D eigenvalue weighted by atomic mass is 9.94. The zero-order valence-corrected chi connectivity index (χ0v) is 13.8. The standard InChI is InChI=1S/C15H28N2OS/c1-6-12(7-2)14(16-9-10-18-5)15-17-13(8-3)11(4)19-15/h12,14,16H,6-10H2,1-5H3. The molecular formula is C15H28N2OS. The Labute approximate surface area is 121 Å². The Kier molecular flexibility index (Phi) is 7.57. The van der Waals surface area contributed by atoms with Crippen LogP contribution in [0, 0.1) is 12.8 Å². The molecule has 1 N–H and O–H groups in total. The van der Waals surface area contributed by atoms with E-state index in [4.69, 9.17) is 9.72 Å². The van der Waals surface area contributed by atoms with Crippen molar-refractivity contribution in [3.8, 4) is 0 Å². The molecule has 1 rings (SSSR count). The molecule has 0 radical (unpaired) electrons. The largest absolute Gasteiger partial charge is 0.383 e. The molecule has 0 spiro atoms. The smallest absolute Gasteiger partial charge is 0.110 e. The lowest BCUT2D eigenvalue weighted by molar-refractivity contribution is 0.189. The van der Waals surface area contributed by atoms with Gasteiger partial charge in [-0.05, 0) is 19.3 Å². The maximum Gasteiger partial charge on any atom is 0.110 e. The Balaban J connectivity index is 2.86. The van der Waals surface area contributed by atoms with Gasteiger partial charge in [0, 0.05) is 18.5 Å². The summed E-state index contributed by atoms with van der Waals surface area (Å²) >= 11 is 1.85. The van der Waals surface area contributed by atoms with Crippen molar-refractivity contribution in [2.45, 2.75) is 53.0 Å². The summed E-state index contributed by atoms with van der Waals surface area (Å²) < 4.78 is 5.15. The van der Waals surface area contributed by atoms with E-state index in [-0.39, 0.29) is 0 Å². The molecule has 0 amide bonds. The third-order valence-corrected chi connectivity index (χ3v) is 4.80. The predicted octanol–water partition coefficient (Wildman–Crippen LogP) is 3.73. The monoisotopic (exact) mass is 284 g/mol. The van der Waals surface area contributed by atoms with Crippen LogP contribution in [0.1, 0.15) is 55.2 Å². The van der Waals surface area contributed by atoms with Gasteiger partial charge in [-0.2, -0.15) is 0 Å². The van der Waals surface area contributed by atoms with Crippen LogP contribution in [0.15, 0.2) is 0 Å². The number of aromatic nitrogens is 1. The van der Waals surface area contributed by atoms with Crippen molar-refractivity contribution in [2.24, 2.45) is 5.92 Å². The summed E-state index contributed by atoms with van der Waals surface area (Å²) in [5, 5.41) is 4.88. The Bertz CT molecular complexity index is 361. The van der Waals surface area contributed by atoms with Crippen molar-refractivity contribution in [3.05, 3.63) is 15.6 Å². The fourth-order valence-electron chi connectivity index (χ4n) is 2.44. The Morgan fingerprint density at radius 1 is 1.26 bits per heavy atom. The third kappa shape index (κ3) is 4.55. The van der Waals surface area contributed by atoms with Crippen LogP contribution < -0.4 is 5.32 Å². The molecule has 0 fully saturated rings. The first kappa shape index (κ1) is 16.6. The van der Waals surface area contributed by atoms with E-state index in [0.717, 1.165) is 19.6 Å². The molecule has 0 saturated heterocycles. The second-order valence-corrected chi connectivity index (χ2v) is 6.14. The van der Waals surface area contributed by atoms with E-state index in [1.165, 1.54) is 28.4 Å². The molecule has 0 aliphatic rings. The van der Waals surface area contributed by atoms with E-state index in [0.29, 0.717) is 12.0 Å². The number of ether oxygens (including phenoxy) is 1. The minimum Gasteiger partial charge on any atom is -0.383 e. The highest BCUT2D eigenvalue weighted by Crippen LogP contribution is 2.31. The van der Waals surface area contributed by atoms with Crippen LogP contribution >= 0.6 is 11.3 Å². The normalized spacial score (nSPS) is 13.2. The minimum atomic E-state index is 0.370. The molecule has 0 bridgehead atoms. The first-order valence-electron chi connectivity index (χ1n) is 7.36. The Morgan fingerprint density at radius 2 is 1.95 bits per heavy atom. The SMILES string of the molecule is CCc1nc(C(NCCOC)C(CC)CC)sc1C. The maximum atomic E-state index is 5.15. The van der Waals surface area contributed by atoms with E-state index in [1.807, 2.05) is 11.3 Å². The number of hydrogen-bond acceptors (Lipinski definition) is 4. The Morgan fingerprint density at radius 3 is 2.42 bits per heavy atom. The van der Waals surface area contributed by atoms with Gasteiger partial charge in [0.05, 0.1) is 18.3 Å². The fourth-order valence-corrected chi connectivity index (χ4v) is 3.62. The predicted molar refractivity (Wildman–Crippen MR) is 82.9 cm³/mol. The molecule has 110 valence electrons. The molecule has 4 heteroatoms. The quantitative estimate of drug-likeness (QED) is 0.702. The number of aryl methyl sites for hydroxylation is 2. The molecule has 19 heavy (non-hydrogen) atoms. The average molecular weight is 284 g/mol. The molecule has 0 aliphatic carbocycles. The summed E-state index contributed by atoms with van der Waals surface area (Å²) in [5.41, 5.74) is 1.25. The van der Waals surface area contributed by atoms with Gasteiger partial charge >= 0.3 is 0 Å². The number of thiazole rings is 1. The summed E-state index contributed by atoms with van der Waals surface area (Å²) in [6.07, 6.45) is 3.39. The third-order valence-electron chi connectivity index (χ3n) is 3.70. The van der Waals surface area contributed by atoms with Crippen molar-refractivity contribution in [3.63, 3.8) is 0 Å². The van der Waals surface area contributed by atoms with Gasteiger partial charge in [0.25, 0.3) is 0 Å². The minimum absolute atomic E-state index is 0.370. The molecule has 1 unspecified atom stereocenters. The van der Waals surface area contributed by atoms with E-state index in [2.05, 4.69) is 33.0 Å². The number of hydrogen-bond donors (Lipinski definition) is 1. The Hall–Kier alpha value is -0.450. The number of methoxy groups -OCH3 is 1. The topological polar surface area (TPSA) is 34.2 Å². The average Bonchev–Trinajstić information content (AvgIpc) is 2.79. The van der Waals surface area contributed by atoms with E-state index >= 15 is 0 Å². The second kappa shape index (κ2) is 8.67. The van der Waals surface area contributed by atoms with Gasteiger partial charge in [0.1, 0.15) is 5.01 Å². The van der Waals surface area contributed by atoms with Crippen molar-refractivity contribution < 1.29 is 4.74 Å². The highest BCUT2D eigenvalue weighted by molar-refractivity contribution is 7.11. The second-order valence-electron chi connectivity index (χ2n) is 4.91. The van der Waals surface area contributed by atoms with Gasteiger partial charge < -0.3 is 10.1 Å². The first-order chi connectivity index (χ1) is 9.17. The zero-order valence-electron chi connectivity index (χ0n) is 13.0. The van der Waals surface area contributed by atoms with Gasteiger partial charge in [0.2, 0.25) is 0 Å². The summed E-state index contributed by atoms with van der Waals surface area (Å²) in [5.74, 6) is 0.645. The van der Waals surface area contributed by atoms with Crippen LogP contribution in [-0.4, -0.2) is 25.2 Å². The number of nitrogens with one attached hydrogen (secondary N) is 1. The molecule has 1 heterocycles. The summed E-state index contributed by atoms with van der Waals surface area (Å²) in [4.78, 5) is 6.20. The van der Waals surface area contributed by atoms with Crippen molar-refractivity contribution in [1.29, 1.82) is 0 Å². The lowest BCUT2D eigenvalue weighted by Gasteiger charge is -2.24. The highest BCUT2D eigenvalue weighted by Gasteiger charge is 2.23. The van der Waals surface area contributed by atoms with E-state index in [1.54, 1.807) is 7.11 Å². The van der Waals surface area contributed by atoms with Crippen LogP contribution in [0.3, 0.4) is 0 Å². The highest BCUT2D eigenvalue weighted by atomic mass is 32.1. The molecule has 0 saturated carbocycles. The van der Waals surface area contributed by atoms with Gasteiger partial charge in [-0.3, -0.25) is 0 Å². The van der Waals surface area contributed by atoms with Crippen molar-refractivity contribution in [2.75, 3.05) is 20.3 Å². The van der Waals surface area contributed by atoms with Gasteiger partial charge in [-0.1, -0.05) is 33.6 Å². The number of rotatable bonds is 9. The fraction of sp³-hybridized carbons (Fsp3) is 0.800. The van der Waals surface area contributed by atoms with Crippen molar-refractivity contribution >= 4 is 11.3 Å². The molecule has 1 atom stereocenters. The van der Waals surface area contributed by atoms with Crippen LogP contribution in [-0.2, 0) is 11.2 Å². The molecule has 1 aromatic rings. The zero-order chi connectivity index (χ0) is 14.3. The van der Waals surface area contributed by atoms with Crippen LogP contribution in [0.5, 0.6) is 0 Å². The molecular weight excluding hydrogens is 256 g/mol. The van der Waals surface area contributed by atoms with Crippen LogP contribution in [0.25, 0.3) is 0 Å². The molecule has 3 nitrogen and oxygen atoms in total. The van der Waals surface area contributed by atoms with Crippen molar-refractivity contribution in [1.82, 2.24) is 10.3 Å². The van der Waals surface area contributed by atoms with Crippen LogP contribution in [0.4, 0.5) is 0 Å². The maximum absolute atomic E-state index is 5.15. The van der Waals surface area contributed by atoms with Gasteiger partial charge in [-0.25, -0.2) is 4.98 Å². The van der Waals surface area contributed by atoms with Gasteiger partial charge in [-0.15, -0.1) is 11.3 Å². The lowest BCUT2D eigenvalue weighted by Crippen LogP contribution is -2.30. The summed E-state index contributed by atoms with van der Waals surface area (Å²) in [6, 6.07) is 0.370.